The Morgan fingerprint density at radius 1 is 1.21 bits per heavy atom. The lowest BCUT2D eigenvalue weighted by Gasteiger charge is -2.18. The van der Waals surface area contributed by atoms with Crippen molar-refractivity contribution in [3.05, 3.63) is 29.8 Å². The first kappa shape index (κ1) is 20.6. The molecule has 1 aromatic rings. The van der Waals surface area contributed by atoms with E-state index in [0.29, 0.717) is 22.6 Å². The van der Waals surface area contributed by atoms with E-state index in [9.17, 15) is 14.4 Å². The third kappa shape index (κ3) is 6.20. The third-order valence-electron chi connectivity index (χ3n) is 3.21. The Morgan fingerprint density at radius 3 is 2.38 bits per heavy atom. The summed E-state index contributed by atoms with van der Waals surface area (Å²) in [5, 5.41) is 2.64. The van der Waals surface area contributed by atoms with Crippen molar-refractivity contribution >= 4 is 40.5 Å². The smallest absolute Gasteiger partial charge is 0.253 e. The molecule has 24 heavy (non-hydrogen) atoms. The zero-order valence-corrected chi connectivity index (χ0v) is 16.1. The molecule has 2 amide bonds. The van der Waals surface area contributed by atoms with E-state index in [4.69, 9.17) is 5.73 Å². The van der Waals surface area contributed by atoms with Crippen LogP contribution in [-0.2, 0) is 9.59 Å². The number of hydrogen-bond donors (Lipinski definition) is 2. The highest BCUT2D eigenvalue weighted by Gasteiger charge is 2.25. The molecule has 132 valence electrons. The lowest BCUT2D eigenvalue weighted by molar-refractivity contribution is -0.120. The van der Waals surface area contributed by atoms with Gasteiger partial charge in [-0.1, -0.05) is 44.7 Å². The highest BCUT2D eigenvalue weighted by molar-refractivity contribution is 8.13. The second kappa shape index (κ2) is 9.13. The summed E-state index contributed by atoms with van der Waals surface area (Å²) in [5.41, 5.74) is 5.22. The molecule has 0 aliphatic heterocycles. The molecule has 0 fully saturated rings. The Kier molecular flexibility index (Phi) is 7.83. The summed E-state index contributed by atoms with van der Waals surface area (Å²) in [6.45, 7) is 5.49. The molecule has 1 rings (SSSR count). The highest BCUT2D eigenvalue weighted by atomic mass is 32.2. The van der Waals surface area contributed by atoms with E-state index < -0.39 is 23.3 Å². The number of benzene rings is 1. The zero-order valence-electron chi connectivity index (χ0n) is 14.4. The Balaban J connectivity index is 2.94. The number of carbonyl (C=O) groups is 3. The Hall–Kier alpha value is -1.47. The first-order valence-corrected chi connectivity index (χ1v) is 9.78. The van der Waals surface area contributed by atoms with Crippen LogP contribution in [0.5, 0.6) is 0 Å². The van der Waals surface area contributed by atoms with Gasteiger partial charge in [-0.25, -0.2) is 0 Å². The van der Waals surface area contributed by atoms with E-state index in [-0.39, 0.29) is 5.12 Å². The number of nitrogens with one attached hydrogen (secondary N) is 1. The standard InChI is InChI=1S/C17H24N2O3S2/c1-17(2,3)16(22)24-13-8-6-5-7-11(13)15(21)19-12(14(18)20)9-10-23-4/h5-8,12H,9-10H2,1-4H3,(H2,18,20)(H,19,21)/t12-/m0/s1. The van der Waals surface area contributed by atoms with Gasteiger partial charge >= 0.3 is 0 Å². The first-order valence-electron chi connectivity index (χ1n) is 7.57. The van der Waals surface area contributed by atoms with Crippen LogP contribution in [0.3, 0.4) is 0 Å². The minimum Gasteiger partial charge on any atom is -0.368 e. The van der Waals surface area contributed by atoms with Crippen LogP contribution in [0, 0.1) is 5.41 Å². The molecule has 0 aromatic heterocycles. The van der Waals surface area contributed by atoms with Gasteiger partial charge in [-0.15, -0.1) is 0 Å². The highest BCUT2D eigenvalue weighted by Crippen LogP contribution is 2.31. The van der Waals surface area contributed by atoms with Crippen LogP contribution in [0.4, 0.5) is 0 Å². The van der Waals surface area contributed by atoms with Gasteiger partial charge < -0.3 is 11.1 Å². The molecule has 5 nitrogen and oxygen atoms in total. The predicted molar refractivity (Wildman–Crippen MR) is 100 cm³/mol. The number of amides is 2. The molecule has 0 spiro atoms. The monoisotopic (exact) mass is 368 g/mol. The number of thioether (sulfide) groups is 2. The van der Waals surface area contributed by atoms with Crippen molar-refractivity contribution < 1.29 is 14.4 Å². The van der Waals surface area contributed by atoms with Crippen LogP contribution in [0.2, 0.25) is 0 Å². The van der Waals surface area contributed by atoms with Gasteiger partial charge in [0.2, 0.25) is 5.91 Å². The number of rotatable bonds is 7. The van der Waals surface area contributed by atoms with Crippen LogP contribution < -0.4 is 11.1 Å². The molecule has 0 bridgehead atoms. The molecule has 7 heteroatoms. The molecule has 1 aromatic carbocycles. The predicted octanol–water partition coefficient (Wildman–Crippen LogP) is 2.69. The van der Waals surface area contributed by atoms with E-state index in [2.05, 4.69) is 5.32 Å². The molecule has 0 aliphatic carbocycles. The largest absolute Gasteiger partial charge is 0.368 e. The SMILES string of the molecule is CSCC[C@H](NC(=O)c1ccccc1SC(=O)C(C)(C)C)C(N)=O. The normalized spacial score (nSPS) is 12.5. The van der Waals surface area contributed by atoms with Crippen molar-refractivity contribution in [3.8, 4) is 0 Å². The number of nitrogens with two attached hydrogens (primary N) is 1. The minimum absolute atomic E-state index is 0.0309. The van der Waals surface area contributed by atoms with Gasteiger partial charge in [0, 0.05) is 10.3 Å². The van der Waals surface area contributed by atoms with Gasteiger partial charge in [-0.3, -0.25) is 14.4 Å². The molecule has 0 radical (unpaired) electrons. The van der Waals surface area contributed by atoms with Gasteiger partial charge in [0.15, 0.2) is 5.12 Å². The van der Waals surface area contributed by atoms with Crippen molar-refractivity contribution in [3.63, 3.8) is 0 Å². The molecule has 0 saturated heterocycles. The van der Waals surface area contributed by atoms with Gasteiger partial charge in [-0.05, 0) is 30.6 Å². The average Bonchev–Trinajstić information content (AvgIpc) is 2.50. The maximum atomic E-state index is 12.5. The maximum absolute atomic E-state index is 12.5. The Labute approximate surface area is 151 Å². The topological polar surface area (TPSA) is 89.3 Å². The van der Waals surface area contributed by atoms with Crippen LogP contribution >= 0.6 is 23.5 Å². The molecule has 0 aliphatic rings. The first-order chi connectivity index (χ1) is 11.2. The fraction of sp³-hybridized carbons (Fsp3) is 0.471. The van der Waals surface area contributed by atoms with E-state index in [1.165, 1.54) is 0 Å². The van der Waals surface area contributed by atoms with E-state index in [1.54, 1.807) is 36.0 Å². The zero-order chi connectivity index (χ0) is 18.3. The van der Waals surface area contributed by atoms with Gasteiger partial charge in [0.25, 0.3) is 5.91 Å². The lowest BCUT2D eigenvalue weighted by atomic mass is 10.00. The quantitative estimate of drug-likeness (QED) is 0.722. The molecular formula is C17H24N2O3S2. The summed E-state index contributed by atoms with van der Waals surface area (Å²) < 4.78 is 0. The van der Waals surface area contributed by atoms with Gasteiger partial charge in [0.1, 0.15) is 6.04 Å². The van der Waals surface area contributed by atoms with Crippen LogP contribution in [-0.4, -0.2) is 35.0 Å². The van der Waals surface area contributed by atoms with Crippen molar-refractivity contribution in [1.29, 1.82) is 0 Å². The Morgan fingerprint density at radius 2 is 1.83 bits per heavy atom. The number of primary amides is 1. The van der Waals surface area contributed by atoms with Crippen LogP contribution in [0.15, 0.2) is 29.2 Å². The number of hydrogen-bond acceptors (Lipinski definition) is 5. The minimum atomic E-state index is -0.721. The van der Waals surface area contributed by atoms with E-state index >= 15 is 0 Å². The summed E-state index contributed by atoms with van der Waals surface area (Å²) in [6, 6.07) is 6.14. The lowest BCUT2D eigenvalue weighted by Crippen LogP contribution is -2.44. The second-order valence-electron chi connectivity index (χ2n) is 6.35. The van der Waals surface area contributed by atoms with Crippen molar-refractivity contribution in [1.82, 2.24) is 5.32 Å². The summed E-state index contributed by atoms with van der Waals surface area (Å²) in [5.74, 6) is -0.245. The molecular weight excluding hydrogens is 344 g/mol. The van der Waals surface area contributed by atoms with Gasteiger partial charge in [0.05, 0.1) is 5.56 Å². The summed E-state index contributed by atoms with van der Waals surface area (Å²) in [6.07, 6.45) is 2.39. The fourth-order valence-corrected chi connectivity index (χ4v) is 3.15. The second-order valence-corrected chi connectivity index (χ2v) is 8.35. The number of carbonyl (C=O) groups excluding carboxylic acids is 3. The Bertz CT molecular complexity index is 612. The average molecular weight is 369 g/mol. The fourth-order valence-electron chi connectivity index (χ4n) is 1.75. The molecule has 0 unspecified atom stereocenters. The van der Waals surface area contributed by atoms with Crippen molar-refractivity contribution in [2.24, 2.45) is 11.1 Å². The van der Waals surface area contributed by atoms with E-state index in [1.807, 2.05) is 27.0 Å². The van der Waals surface area contributed by atoms with Crippen molar-refractivity contribution in [2.75, 3.05) is 12.0 Å². The molecule has 3 N–H and O–H groups in total. The molecule has 0 heterocycles. The maximum Gasteiger partial charge on any atom is 0.253 e. The van der Waals surface area contributed by atoms with Crippen LogP contribution in [0.1, 0.15) is 37.6 Å². The summed E-state index contributed by atoms with van der Waals surface area (Å²) in [4.78, 5) is 36.8. The third-order valence-corrected chi connectivity index (χ3v) is 5.22. The molecule has 1 atom stereocenters. The summed E-state index contributed by atoms with van der Waals surface area (Å²) in [7, 11) is 0. The summed E-state index contributed by atoms with van der Waals surface area (Å²) >= 11 is 2.62. The molecule has 0 saturated carbocycles. The van der Waals surface area contributed by atoms with Crippen LogP contribution in [0.25, 0.3) is 0 Å². The van der Waals surface area contributed by atoms with Gasteiger partial charge in [-0.2, -0.15) is 11.8 Å². The van der Waals surface area contributed by atoms with E-state index in [0.717, 1.165) is 11.8 Å². The van der Waals surface area contributed by atoms with Crippen molar-refractivity contribution in [2.45, 2.75) is 38.1 Å².